The fraction of sp³-hybridized carbons (Fsp3) is 0.250. The van der Waals surface area contributed by atoms with Gasteiger partial charge in [0.25, 0.3) is 11.8 Å². The molecule has 2 amide bonds. The molecule has 0 aliphatic rings. The molecule has 6 nitrogen and oxygen atoms in total. The van der Waals surface area contributed by atoms with E-state index in [9.17, 15) is 9.59 Å². The molecule has 3 rings (SSSR count). The van der Waals surface area contributed by atoms with Crippen molar-refractivity contribution in [3.63, 3.8) is 0 Å². The Labute approximate surface area is 172 Å². The lowest BCUT2D eigenvalue weighted by Gasteiger charge is -2.19. The molecule has 2 N–H and O–H groups in total. The van der Waals surface area contributed by atoms with E-state index in [0.717, 1.165) is 20.1 Å². The highest BCUT2D eigenvalue weighted by Crippen LogP contribution is 2.22. The van der Waals surface area contributed by atoms with E-state index in [0.29, 0.717) is 17.3 Å². The Kier molecular flexibility index (Phi) is 6.61. The van der Waals surface area contributed by atoms with Gasteiger partial charge in [0, 0.05) is 7.05 Å². The molecule has 1 aromatic heterocycles. The number of benzene rings is 2. The van der Waals surface area contributed by atoms with Crippen LogP contribution in [-0.2, 0) is 16.1 Å². The average molecular weight is 418 g/mol. The highest BCUT2D eigenvalue weighted by molar-refractivity contribution is 7.18. The maximum Gasteiger partial charge on any atom is 0.279 e. The van der Waals surface area contributed by atoms with Gasteiger partial charge in [-0.1, -0.05) is 35.9 Å². The second-order valence-electron chi connectivity index (χ2n) is 6.66. The molecular weight excluding hydrogens is 396 g/mol. The van der Waals surface area contributed by atoms with Gasteiger partial charge < -0.3 is 15.1 Å². The lowest BCUT2D eigenvalue weighted by molar-refractivity contribution is -0.862. The third kappa shape index (κ3) is 5.28. The first-order valence-corrected chi connectivity index (χ1v) is 10.1. The van der Waals surface area contributed by atoms with E-state index in [1.807, 2.05) is 31.3 Å². The smallest absolute Gasteiger partial charge is 0.279 e. The molecule has 0 radical (unpaired) electrons. The number of nitrogens with zero attached hydrogens (tertiary/aromatic N) is 2. The van der Waals surface area contributed by atoms with Gasteiger partial charge in [0.2, 0.25) is 0 Å². The summed E-state index contributed by atoms with van der Waals surface area (Å²) in [6.45, 7) is 0.848. The Balaban J connectivity index is 1.50. The monoisotopic (exact) mass is 417 g/mol. The zero-order chi connectivity index (χ0) is 20.1. The Morgan fingerprint density at radius 2 is 1.86 bits per heavy atom. The fourth-order valence-corrected chi connectivity index (χ4v) is 3.97. The SMILES string of the molecule is CN(Cc1nc2ccccc2s1)C(=O)C[NH+](C)CC(=O)Nc1ccccc1Cl. The van der Waals surface area contributed by atoms with Crippen LogP contribution in [0.4, 0.5) is 5.69 Å². The number of amides is 2. The maximum atomic E-state index is 12.5. The van der Waals surface area contributed by atoms with Crippen molar-refractivity contribution in [1.82, 2.24) is 9.88 Å². The van der Waals surface area contributed by atoms with E-state index < -0.39 is 0 Å². The summed E-state index contributed by atoms with van der Waals surface area (Å²) in [7, 11) is 3.57. The van der Waals surface area contributed by atoms with Crippen LogP contribution in [0.3, 0.4) is 0 Å². The standard InChI is InChI=1S/C20H21ClN4O2S/c1-24(11-18(26)22-15-8-4-3-7-14(15)21)13-20(27)25(2)12-19-23-16-9-5-6-10-17(16)28-19/h3-10H,11-13H2,1-2H3,(H,22,26)/p+1. The first-order valence-electron chi connectivity index (χ1n) is 8.86. The first-order chi connectivity index (χ1) is 13.4. The summed E-state index contributed by atoms with van der Waals surface area (Å²) in [5, 5.41) is 4.15. The number of aromatic nitrogens is 1. The van der Waals surface area contributed by atoms with E-state index in [2.05, 4.69) is 10.3 Å². The van der Waals surface area contributed by atoms with Gasteiger partial charge in [-0.15, -0.1) is 11.3 Å². The van der Waals surface area contributed by atoms with Crippen molar-refractivity contribution in [2.24, 2.45) is 0 Å². The molecule has 146 valence electrons. The number of carbonyl (C=O) groups is 2. The number of anilines is 1. The quantitative estimate of drug-likeness (QED) is 0.618. The molecule has 0 bridgehead atoms. The number of rotatable bonds is 7. The maximum absolute atomic E-state index is 12.5. The summed E-state index contributed by atoms with van der Waals surface area (Å²) < 4.78 is 1.11. The van der Waals surface area contributed by atoms with E-state index >= 15 is 0 Å². The highest BCUT2D eigenvalue weighted by Gasteiger charge is 2.19. The normalized spacial score (nSPS) is 12.0. The van der Waals surface area contributed by atoms with Crippen LogP contribution in [0.1, 0.15) is 5.01 Å². The number of halogens is 1. The summed E-state index contributed by atoms with van der Waals surface area (Å²) in [4.78, 5) is 31.7. The summed E-state index contributed by atoms with van der Waals surface area (Å²) >= 11 is 7.64. The van der Waals surface area contributed by atoms with Crippen LogP contribution in [0.5, 0.6) is 0 Å². The van der Waals surface area contributed by atoms with Crippen molar-refractivity contribution in [3.8, 4) is 0 Å². The molecule has 0 saturated heterocycles. The minimum Gasteiger partial charge on any atom is -0.334 e. The van der Waals surface area contributed by atoms with Gasteiger partial charge in [-0.25, -0.2) is 4.98 Å². The Bertz CT molecular complexity index is 958. The van der Waals surface area contributed by atoms with Crippen LogP contribution in [0.2, 0.25) is 5.02 Å². The third-order valence-electron chi connectivity index (χ3n) is 4.20. The number of quaternary nitrogens is 1. The number of hydrogen-bond acceptors (Lipinski definition) is 4. The molecule has 0 fully saturated rings. The predicted molar refractivity (Wildman–Crippen MR) is 113 cm³/mol. The van der Waals surface area contributed by atoms with Gasteiger partial charge in [-0.2, -0.15) is 0 Å². The lowest BCUT2D eigenvalue weighted by Crippen LogP contribution is -3.11. The van der Waals surface area contributed by atoms with Crippen LogP contribution in [0.25, 0.3) is 10.2 Å². The summed E-state index contributed by atoms with van der Waals surface area (Å²) in [5.41, 5.74) is 1.52. The third-order valence-corrected chi connectivity index (χ3v) is 5.55. The molecule has 1 atom stereocenters. The van der Waals surface area contributed by atoms with Crippen molar-refractivity contribution in [3.05, 3.63) is 58.6 Å². The number of para-hydroxylation sites is 2. The van der Waals surface area contributed by atoms with Gasteiger partial charge in [-0.3, -0.25) is 9.59 Å². The summed E-state index contributed by atoms with van der Waals surface area (Å²) in [6, 6.07) is 15.0. The molecule has 1 heterocycles. The first kappa shape index (κ1) is 20.3. The number of carbonyl (C=O) groups excluding carboxylic acids is 2. The minimum atomic E-state index is -0.188. The van der Waals surface area contributed by atoms with Crippen molar-refractivity contribution < 1.29 is 14.5 Å². The number of likely N-dealkylation sites (N-methyl/N-ethyl adjacent to an activating group) is 2. The molecule has 0 saturated carbocycles. The topological polar surface area (TPSA) is 66.7 Å². The van der Waals surface area contributed by atoms with E-state index in [1.165, 1.54) is 0 Å². The van der Waals surface area contributed by atoms with E-state index in [-0.39, 0.29) is 24.9 Å². The highest BCUT2D eigenvalue weighted by atomic mass is 35.5. The number of hydrogen-bond donors (Lipinski definition) is 2. The van der Waals surface area contributed by atoms with E-state index in [4.69, 9.17) is 11.6 Å². The predicted octanol–water partition coefficient (Wildman–Crippen LogP) is 2.06. The van der Waals surface area contributed by atoms with Crippen LogP contribution in [0, 0.1) is 0 Å². The fourth-order valence-electron chi connectivity index (χ4n) is 2.77. The molecule has 0 spiro atoms. The lowest BCUT2D eigenvalue weighted by atomic mass is 10.3. The van der Waals surface area contributed by atoms with Crippen molar-refractivity contribution >= 4 is 50.7 Å². The molecule has 8 heteroatoms. The van der Waals surface area contributed by atoms with Crippen molar-refractivity contribution in [2.45, 2.75) is 6.54 Å². The molecule has 1 unspecified atom stereocenters. The Hall–Kier alpha value is -2.48. The molecule has 3 aromatic rings. The number of nitrogens with one attached hydrogen (secondary N) is 2. The molecule has 28 heavy (non-hydrogen) atoms. The van der Waals surface area contributed by atoms with E-state index in [1.54, 1.807) is 47.5 Å². The Morgan fingerprint density at radius 3 is 2.61 bits per heavy atom. The van der Waals surface area contributed by atoms with Gasteiger partial charge in [-0.05, 0) is 24.3 Å². The van der Waals surface area contributed by atoms with Crippen molar-refractivity contribution in [1.29, 1.82) is 0 Å². The number of fused-ring (bicyclic) bond motifs is 1. The molecule has 2 aromatic carbocycles. The number of thiazole rings is 1. The minimum absolute atomic E-state index is 0.0395. The molecular formula is C20H22ClN4O2S+. The molecule has 0 aliphatic carbocycles. The zero-order valence-electron chi connectivity index (χ0n) is 15.7. The van der Waals surface area contributed by atoms with Gasteiger partial charge in [0.1, 0.15) is 5.01 Å². The zero-order valence-corrected chi connectivity index (χ0v) is 17.3. The van der Waals surface area contributed by atoms with Crippen molar-refractivity contribution in [2.75, 3.05) is 32.5 Å². The second kappa shape index (κ2) is 9.14. The van der Waals surface area contributed by atoms with Gasteiger partial charge >= 0.3 is 0 Å². The molecule has 0 aliphatic heterocycles. The van der Waals surface area contributed by atoms with Crippen LogP contribution in [-0.4, -0.2) is 48.9 Å². The van der Waals surface area contributed by atoms with Gasteiger partial charge in [0.05, 0.1) is 34.5 Å². The van der Waals surface area contributed by atoms with Crippen LogP contribution >= 0.6 is 22.9 Å². The van der Waals surface area contributed by atoms with Crippen LogP contribution in [0.15, 0.2) is 48.5 Å². The summed E-state index contributed by atoms with van der Waals surface area (Å²) in [6.07, 6.45) is 0. The summed E-state index contributed by atoms with van der Waals surface area (Å²) in [5.74, 6) is -0.227. The second-order valence-corrected chi connectivity index (χ2v) is 8.19. The van der Waals surface area contributed by atoms with Gasteiger partial charge in [0.15, 0.2) is 13.1 Å². The Morgan fingerprint density at radius 1 is 1.14 bits per heavy atom. The van der Waals surface area contributed by atoms with Crippen LogP contribution < -0.4 is 10.2 Å². The average Bonchev–Trinajstić information content (AvgIpc) is 3.05. The largest absolute Gasteiger partial charge is 0.334 e.